The molecule has 14 heteroatoms. The van der Waals surface area contributed by atoms with E-state index in [0.717, 1.165) is 0 Å². The van der Waals surface area contributed by atoms with Gasteiger partial charge < -0.3 is 33.2 Å². The van der Waals surface area contributed by atoms with Crippen molar-refractivity contribution in [3.63, 3.8) is 0 Å². The normalized spacial score (nSPS) is 11.7. The van der Waals surface area contributed by atoms with Gasteiger partial charge in [0.15, 0.2) is 5.41 Å². The molecular formula is C27H39NO13. The van der Waals surface area contributed by atoms with Gasteiger partial charge in [-0.15, -0.1) is 0 Å². The number of hydrogen-bond donors (Lipinski definition) is 0. The number of carbonyl (C=O) groups is 4. The summed E-state index contributed by atoms with van der Waals surface area (Å²) in [5.41, 5.74) is -2.26. The number of ether oxygens (including phenoxy) is 7. The Morgan fingerprint density at radius 3 is 1.78 bits per heavy atom. The first-order chi connectivity index (χ1) is 19.7. The summed E-state index contributed by atoms with van der Waals surface area (Å²) in [6, 6.07) is 5.62. The van der Waals surface area contributed by atoms with Gasteiger partial charge in [-0.25, -0.2) is 0 Å². The lowest BCUT2D eigenvalue weighted by Gasteiger charge is -2.34. The molecule has 0 aliphatic rings. The van der Waals surface area contributed by atoms with Gasteiger partial charge in [-0.1, -0.05) is 0 Å². The van der Waals surface area contributed by atoms with Gasteiger partial charge in [0, 0.05) is 18.7 Å². The van der Waals surface area contributed by atoms with Gasteiger partial charge in [0.25, 0.3) is 5.69 Å². The van der Waals surface area contributed by atoms with E-state index in [0.29, 0.717) is 5.75 Å². The third-order valence-corrected chi connectivity index (χ3v) is 5.68. The molecule has 0 aliphatic carbocycles. The first-order valence-corrected chi connectivity index (χ1v) is 13.4. The van der Waals surface area contributed by atoms with Crippen molar-refractivity contribution in [2.45, 2.75) is 40.5 Å². The fourth-order valence-corrected chi connectivity index (χ4v) is 3.79. The quantitative estimate of drug-likeness (QED) is 0.0514. The van der Waals surface area contributed by atoms with E-state index in [1.54, 1.807) is 13.8 Å². The zero-order chi connectivity index (χ0) is 30.7. The summed E-state index contributed by atoms with van der Waals surface area (Å²) in [5.74, 6) is -4.94. The van der Waals surface area contributed by atoms with Gasteiger partial charge in [0.05, 0.1) is 63.5 Å². The van der Waals surface area contributed by atoms with Crippen molar-refractivity contribution < 1.29 is 57.3 Å². The molecule has 0 radical (unpaired) electrons. The highest BCUT2D eigenvalue weighted by Crippen LogP contribution is 2.39. The highest BCUT2D eigenvalue weighted by Gasteiger charge is 2.58. The van der Waals surface area contributed by atoms with Crippen LogP contribution in [0.15, 0.2) is 24.3 Å². The van der Waals surface area contributed by atoms with Gasteiger partial charge in [-0.05, 0) is 46.2 Å². The summed E-state index contributed by atoms with van der Waals surface area (Å²) in [5, 5.41) is 10.7. The van der Waals surface area contributed by atoms with Crippen LogP contribution < -0.4 is 4.74 Å². The van der Waals surface area contributed by atoms with Crippen molar-refractivity contribution in [1.29, 1.82) is 0 Å². The van der Waals surface area contributed by atoms with Crippen LogP contribution >= 0.6 is 0 Å². The molecule has 0 saturated carbocycles. The third-order valence-electron chi connectivity index (χ3n) is 5.68. The minimum atomic E-state index is -2.22. The van der Waals surface area contributed by atoms with Crippen molar-refractivity contribution in [2.75, 3.05) is 59.5 Å². The lowest BCUT2D eigenvalue weighted by molar-refractivity contribution is -0.384. The van der Waals surface area contributed by atoms with Gasteiger partial charge >= 0.3 is 23.9 Å². The molecular weight excluding hydrogens is 546 g/mol. The molecule has 0 N–H and O–H groups in total. The molecule has 1 aromatic rings. The Bertz CT molecular complexity index is 962. The molecule has 1 aromatic carbocycles. The predicted octanol–water partition coefficient (Wildman–Crippen LogP) is 2.64. The number of nitro benzene ring substituents is 1. The average molecular weight is 586 g/mol. The summed E-state index contributed by atoms with van der Waals surface area (Å²) in [6.07, 6.45) is -0.945. The Hall–Kier alpha value is -3.78. The van der Waals surface area contributed by atoms with E-state index in [4.69, 9.17) is 33.2 Å². The number of non-ortho nitro benzene ring substituents is 1. The summed E-state index contributed by atoms with van der Waals surface area (Å²) in [4.78, 5) is 62.1. The van der Waals surface area contributed by atoms with Crippen LogP contribution in [0.1, 0.15) is 40.5 Å². The van der Waals surface area contributed by atoms with E-state index in [-0.39, 0.29) is 71.6 Å². The van der Waals surface area contributed by atoms with E-state index in [1.165, 1.54) is 38.1 Å². The lowest BCUT2D eigenvalue weighted by Crippen LogP contribution is -2.52. The highest BCUT2D eigenvalue weighted by atomic mass is 16.6. The molecule has 1 rings (SSSR count). The number of nitro groups is 1. The summed E-state index contributed by atoms with van der Waals surface area (Å²) < 4.78 is 36.9. The number of benzene rings is 1. The van der Waals surface area contributed by atoms with Crippen LogP contribution in [0.4, 0.5) is 5.69 Å². The SMILES string of the molecule is CCOC(=O)CC(C(=O)OCC)C(CCOCCOCCOc1ccc([N+](=O)[O-])cc1)(C(=O)OCC)C(=O)OCC. The number of hydrogen-bond acceptors (Lipinski definition) is 13. The predicted molar refractivity (Wildman–Crippen MR) is 142 cm³/mol. The molecule has 0 aliphatic heterocycles. The summed E-state index contributed by atoms with van der Waals surface area (Å²) in [7, 11) is 0. The van der Waals surface area contributed by atoms with Crippen molar-refractivity contribution in [3.8, 4) is 5.75 Å². The molecule has 41 heavy (non-hydrogen) atoms. The summed E-state index contributed by atoms with van der Waals surface area (Å²) >= 11 is 0. The zero-order valence-corrected chi connectivity index (χ0v) is 23.9. The minimum Gasteiger partial charge on any atom is -0.491 e. The molecule has 0 aromatic heterocycles. The fraction of sp³-hybridized carbons (Fsp3) is 0.630. The maximum absolute atomic E-state index is 13.3. The fourth-order valence-electron chi connectivity index (χ4n) is 3.79. The zero-order valence-electron chi connectivity index (χ0n) is 23.9. The summed E-state index contributed by atoms with van der Waals surface area (Å²) in [6.45, 7) is 6.41. The first kappa shape index (κ1) is 35.2. The Morgan fingerprint density at radius 1 is 0.756 bits per heavy atom. The van der Waals surface area contributed by atoms with Crippen LogP contribution in [0, 0.1) is 21.4 Å². The monoisotopic (exact) mass is 585 g/mol. The van der Waals surface area contributed by atoms with E-state index in [2.05, 4.69) is 0 Å². The molecule has 0 bridgehead atoms. The number of rotatable bonds is 21. The van der Waals surface area contributed by atoms with E-state index >= 15 is 0 Å². The number of nitrogens with zero attached hydrogens (tertiary/aromatic N) is 1. The van der Waals surface area contributed by atoms with Crippen LogP contribution in [0.25, 0.3) is 0 Å². The molecule has 0 amide bonds. The molecule has 14 nitrogen and oxygen atoms in total. The maximum Gasteiger partial charge on any atom is 0.324 e. The Morgan fingerprint density at radius 2 is 1.27 bits per heavy atom. The van der Waals surface area contributed by atoms with Crippen molar-refractivity contribution >= 4 is 29.6 Å². The van der Waals surface area contributed by atoms with Gasteiger partial charge in [0.1, 0.15) is 12.4 Å². The first-order valence-electron chi connectivity index (χ1n) is 13.4. The average Bonchev–Trinajstić information content (AvgIpc) is 2.94. The van der Waals surface area contributed by atoms with Crippen LogP contribution in [0.2, 0.25) is 0 Å². The number of esters is 4. The second-order valence-electron chi connectivity index (χ2n) is 8.30. The molecule has 0 heterocycles. The smallest absolute Gasteiger partial charge is 0.324 e. The largest absolute Gasteiger partial charge is 0.491 e. The van der Waals surface area contributed by atoms with Crippen molar-refractivity contribution in [1.82, 2.24) is 0 Å². The van der Waals surface area contributed by atoms with Gasteiger partial charge in [0.2, 0.25) is 0 Å². The maximum atomic E-state index is 13.3. The van der Waals surface area contributed by atoms with Gasteiger partial charge in [-0.3, -0.25) is 29.3 Å². The van der Waals surface area contributed by atoms with E-state index < -0.39 is 46.6 Å². The van der Waals surface area contributed by atoms with Crippen molar-refractivity contribution in [3.05, 3.63) is 34.4 Å². The molecule has 1 atom stereocenters. The van der Waals surface area contributed by atoms with E-state index in [1.807, 2.05) is 0 Å². The topological polar surface area (TPSA) is 176 Å². The van der Waals surface area contributed by atoms with Crippen LogP contribution in [-0.4, -0.2) is 88.3 Å². The van der Waals surface area contributed by atoms with Crippen LogP contribution in [0.3, 0.4) is 0 Å². The Labute approximate surface area is 238 Å². The second-order valence-corrected chi connectivity index (χ2v) is 8.30. The van der Waals surface area contributed by atoms with Crippen molar-refractivity contribution in [2.24, 2.45) is 11.3 Å². The molecule has 0 fully saturated rings. The Balaban J connectivity index is 2.84. The highest BCUT2D eigenvalue weighted by molar-refractivity contribution is 6.05. The lowest BCUT2D eigenvalue weighted by atomic mass is 9.71. The molecule has 230 valence electrons. The number of carbonyl (C=O) groups excluding carboxylic acids is 4. The van der Waals surface area contributed by atoms with Crippen LogP contribution in [-0.2, 0) is 47.6 Å². The second kappa shape index (κ2) is 19.3. The minimum absolute atomic E-state index is 0.0300. The van der Waals surface area contributed by atoms with Crippen LogP contribution in [0.5, 0.6) is 5.75 Å². The molecule has 0 spiro atoms. The standard InChI is InChI=1S/C27H39NO13/c1-5-37-23(29)19-22(24(30)38-6-2)27(25(31)39-7-3,26(32)40-8-4)13-14-35-15-16-36-17-18-41-21-11-9-20(10-12-21)28(33)34/h9-12,22H,5-8,13-19H2,1-4H3. The third kappa shape index (κ3) is 11.3. The Kier molecular flexibility index (Phi) is 16.6. The van der Waals surface area contributed by atoms with E-state index in [9.17, 15) is 29.3 Å². The molecule has 1 unspecified atom stereocenters. The molecule has 0 saturated heterocycles. The van der Waals surface area contributed by atoms with Gasteiger partial charge in [-0.2, -0.15) is 0 Å².